The Hall–Kier alpha value is -7.15. The fourth-order valence-corrected chi connectivity index (χ4v) is 7.86. The van der Waals surface area contributed by atoms with Gasteiger partial charge in [0.1, 0.15) is 0 Å². The van der Waals surface area contributed by atoms with Crippen molar-refractivity contribution in [2.75, 3.05) is 0 Å². The Balaban J connectivity index is 1.08. The van der Waals surface area contributed by atoms with Crippen molar-refractivity contribution in [1.82, 2.24) is 9.13 Å². The molecule has 0 aliphatic carbocycles. The monoisotopic (exact) mass is 661 g/mol. The van der Waals surface area contributed by atoms with E-state index in [2.05, 4.69) is 179 Å². The van der Waals surface area contributed by atoms with Crippen LogP contribution in [-0.4, -0.2) is 9.13 Å². The van der Waals surface area contributed by atoms with Crippen molar-refractivity contribution in [2.24, 2.45) is 0 Å². The molecule has 3 nitrogen and oxygen atoms in total. The van der Waals surface area contributed by atoms with Gasteiger partial charge >= 0.3 is 0 Å². The maximum absolute atomic E-state index is 9.36. The maximum atomic E-state index is 9.36. The lowest BCUT2D eigenvalue weighted by molar-refractivity contribution is 1.18. The van der Waals surface area contributed by atoms with Crippen LogP contribution in [0.25, 0.3) is 88.4 Å². The molecule has 8 aromatic carbocycles. The zero-order valence-electron chi connectivity index (χ0n) is 28.2. The number of hydrogen-bond acceptors (Lipinski definition) is 1. The molecule has 0 saturated heterocycles. The Morgan fingerprint density at radius 3 is 1.35 bits per heavy atom. The molecule has 0 radical (unpaired) electrons. The van der Waals surface area contributed by atoms with Gasteiger partial charge < -0.3 is 9.13 Å². The highest BCUT2D eigenvalue weighted by Gasteiger charge is 2.16. The van der Waals surface area contributed by atoms with Gasteiger partial charge in [-0.05, 0) is 106 Å². The molecule has 10 aromatic rings. The third-order valence-corrected chi connectivity index (χ3v) is 10.4. The molecule has 0 bridgehead atoms. The summed E-state index contributed by atoms with van der Waals surface area (Å²) in [7, 11) is 0. The van der Waals surface area contributed by atoms with Crippen molar-refractivity contribution in [1.29, 1.82) is 5.26 Å². The summed E-state index contributed by atoms with van der Waals surface area (Å²) in [6.45, 7) is 0. The highest BCUT2D eigenvalue weighted by Crippen LogP contribution is 2.39. The van der Waals surface area contributed by atoms with E-state index >= 15 is 0 Å². The van der Waals surface area contributed by atoms with Crippen molar-refractivity contribution in [2.45, 2.75) is 0 Å². The van der Waals surface area contributed by atoms with E-state index < -0.39 is 0 Å². The first-order chi connectivity index (χ1) is 25.7. The molecule has 0 spiro atoms. The third-order valence-electron chi connectivity index (χ3n) is 10.4. The summed E-state index contributed by atoms with van der Waals surface area (Å²) in [6, 6.07) is 69.3. The van der Waals surface area contributed by atoms with E-state index in [1.165, 1.54) is 66.0 Å². The third kappa shape index (κ3) is 4.81. The lowest BCUT2D eigenvalue weighted by atomic mass is 10.00. The van der Waals surface area contributed by atoms with Gasteiger partial charge in [0.05, 0.1) is 33.7 Å². The molecule has 0 N–H and O–H groups in total. The average molecular weight is 662 g/mol. The maximum Gasteiger partial charge on any atom is 0.0991 e. The summed E-state index contributed by atoms with van der Waals surface area (Å²) in [6.07, 6.45) is 0. The summed E-state index contributed by atoms with van der Waals surface area (Å²) in [5.74, 6) is 0. The van der Waals surface area contributed by atoms with Crippen LogP contribution < -0.4 is 0 Å². The zero-order valence-corrected chi connectivity index (χ0v) is 28.2. The SMILES string of the molecule is N#Cc1ccc(-n2c3ccccc3c3cc(-c4ccc5c(c4)c4ccccc4n5-c4cccc(-c5ccc(-c6ccccc6)cc5)c4)ccc32)cc1. The van der Waals surface area contributed by atoms with Crippen LogP contribution >= 0.6 is 0 Å². The van der Waals surface area contributed by atoms with Crippen LogP contribution in [0.5, 0.6) is 0 Å². The molecule has 0 aliphatic heterocycles. The summed E-state index contributed by atoms with van der Waals surface area (Å²) < 4.78 is 4.68. The quantitative estimate of drug-likeness (QED) is 0.181. The number of hydrogen-bond donors (Lipinski definition) is 0. The fourth-order valence-electron chi connectivity index (χ4n) is 7.86. The molecule has 0 amide bonds. The van der Waals surface area contributed by atoms with E-state index in [9.17, 15) is 5.26 Å². The van der Waals surface area contributed by atoms with Gasteiger partial charge in [0, 0.05) is 32.9 Å². The van der Waals surface area contributed by atoms with Crippen molar-refractivity contribution in [3.63, 3.8) is 0 Å². The summed E-state index contributed by atoms with van der Waals surface area (Å²) >= 11 is 0. The highest BCUT2D eigenvalue weighted by atomic mass is 15.0. The molecule has 52 heavy (non-hydrogen) atoms. The van der Waals surface area contributed by atoms with Gasteiger partial charge in [0.15, 0.2) is 0 Å². The second-order valence-electron chi connectivity index (χ2n) is 13.3. The molecule has 10 rings (SSSR count). The molecule has 0 aliphatic rings. The smallest absolute Gasteiger partial charge is 0.0991 e. The number of nitrogens with zero attached hydrogens (tertiary/aromatic N) is 3. The number of rotatable bonds is 5. The van der Waals surface area contributed by atoms with Gasteiger partial charge in [-0.15, -0.1) is 0 Å². The number of benzene rings is 8. The van der Waals surface area contributed by atoms with Gasteiger partial charge in [-0.1, -0.05) is 115 Å². The zero-order chi connectivity index (χ0) is 34.6. The molecule has 3 heteroatoms. The minimum atomic E-state index is 0.657. The molecule has 0 atom stereocenters. The minimum Gasteiger partial charge on any atom is -0.309 e. The summed E-state index contributed by atoms with van der Waals surface area (Å²) in [4.78, 5) is 0. The Morgan fingerprint density at radius 2 is 0.750 bits per heavy atom. The first-order valence-corrected chi connectivity index (χ1v) is 17.6. The number of nitriles is 1. The van der Waals surface area contributed by atoms with E-state index in [0.29, 0.717) is 5.56 Å². The van der Waals surface area contributed by atoms with Crippen LogP contribution in [0.4, 0.5) is 0 Å². The van der Waals surface area contributed by atoms with Crippen LogP contribution in [0.15, 0.2) is 188 Å². The van der Waals surface area contributed by atoms with Crippen LogP contribution in [0.3, 0.4) is 0 Å². The number of fused-ring (bicyclic) bond motifs is 6. The molecule has 0 unspecified atom stereocenters. The predicted octanol–water partition coefficient (Wildman–Crippen LogP) is 12.8. The van der Waals surface area contributed by atoms with Crippen LogP contribution in [0.1, 0.15) is 5.56 Å². The second-order valence-corrected chi connectivity index (χ2v) is 13.3. The standard InChI is InChI=1S/C49H31N3/c50-32-33-17-25-40(26-18-33)51-46-15-6-4-13-42(46)44-30-38(23-27-48(44)51)39-24-28-49-45(31-39)43-14-5-7-16-47(43)52(49)41-12-8-11-37(29-41)36-21-19-35(20-22-36)34-9-2-1-3-10-34/h1-31H. The van der Waals surface area contributed by atoms with Gasteiger partial charge in [0.2, 0.25) is 0 Å². The first kappa shape index (κ1) is 29.7. The lowest BCUT2D eigenvalue weighted by Gasteiger charge is -2.11. The van der Waals surface area contributed by atoms with Crippen LogP contribution in [0.2, 0.25) is 0 Å². The Bertz CT molecular complexity index is 2990. The molecule has 2 heterocycles. The van der Waals surface area contributed by atoms with Crippen LogP contribution in [0, 0.1) is 11.3 Å². The van der Waals surface area contributed by atoms with Gasteiger partial charge in [0.25, 0.3) is 0 Å². The van der Waals surface area contributed by atoms with Gasteiger partial charge in [-0.25, -0.2) is 0 Å². The average Bonchev–Trinajstić information content (AvgIpc) is 3.73. The van der Waals surface area contributed by atoms with Crippen molar-refractivity contribution in [3.05, 3.63) is 194 Å². The predicted molar refractivity (Wildman–Crippen MR) is 216 cm³/mol. The number of aromatic nitrogens is 2. The molecule has 242 valence electrons. The van der Waals surface area contributed by atoms with E-state index in [0.717, 1.165) is 22.4 Å². The van der Waals surface area contributed by atoms with Crippen LogP contribution in [-0.2, 0) is 0 Å². The Kier molecular flexibility index (Phi) is 6.87. The summed E-state index contributed by atoms with van der Waals surface area (Å²) in [5.41, 5.74) is 14.7. The highest BCUT2D eigenvalue weighted by molar-refractivity contribution is 6.12. The van der Waals surface area contributed by atoms with Crippen molar-refractivity contribution < 1.29 is 0 Å². The van der Waals surface area contributed by atoms with E-state index in [4.69, 9.17) is 0 Å². The lowest BCUT2D eigenvalue weighted by Crippen LogP contribution is -1.94. The molecular weight excluding hydrogens is 631 g/mol. The topological polar surface area (TPSA) is 33.6 Å². The van der Waals surface area contributed by atoms with Crippen molar-refractivity contribution in [3.8, 4) is 50.8 Å². The second kappa shape index (κ2) is 12.0. The molecule has 2 aromatic heterocycles. The molecular formula is C49H31N3. The Morgan fingerprint density at radius 1 is 0.308 bits per heavy atom. The van der Waals surface area contributed by atoms with Gasteiger partial charge in [-0.2, -0.15) is 5.26 Å². The van der Waals surface area contributed by atoms with E-state index in [-0.39, 0.29) is 0 Å². The minimum absolute atomic E-state index is 0.657. The largest absolute Gasteiger partial charge is 0.309 e. The molecule has 0 fully saturated rings. The summed E-state index contributed by atoms with van der Waals surface area (Å²) in [5, 5.41) is 14.2. The first-order valence-electron chi connectivity index (χ1n) is 17.6. The normalized spacial score (nSPS) is 11.4. The van der Waals surface area contributed by atoms with Crippen molar-refractivity contribution >= 4 is 43.6 Å². The van der Waals surface area contributed by atoms with E-state index in [1.54, 1.807) is 0 Å². The van der Waals surface area contributed by atoms with E-state index in [1.807, 2.05) is 24.3 Å². The number of para-hydroxylation sites is 2. The van der Waals surface area contributed by atoms with Gasteiger partial charge in [-0.3, -0.25) is 0 Å². The molecule has 0 saturated carbocycles. The Labute approximate surface area is 301 Å². The fraction of sp³-hybridized carbons (Fsp3) is 0.